The van der Waals surface area contributed by atoms with Crippen molar-refractivity contribution in [2.45, 2.75) is 39.0 Å². The van der Waals surface area contributed by atoms with Gasteiger partial charge in [0.1, 0.15) is 5.75 Å². The monoisotopic (exact) mass is 301 g/mol. The first-order chi connectivity index (χ1) is 9.56. The van der Waals surface area contributed by atoms with Gasteiger partial charge < -0.3 is 36.0 Å². The normalized spacial score (nSPS) is 12.2. The second-order valence-corrected chi connectivity index (χ2v) is 5.42. The number of hydrogen-bond donors (Lipinski definition) is 4. The van der Waals surface area contributed by atoms with Crippen molar-refractivity contribution in [3.05, 3.63) is 44.6 Å². The SMILES string of the molecule is CC(C)(C)NCC(O)c1ccc(O)c(CO)c1.O=[N+]([O-])[O-]. The van der Waals surface area contributed by atoms with Gasteiger partial charge in [-0.15, -0.1) is 0 Å². The minimum absolute atomic E-state index is 0.0484. The predicted octanol–water partition coefficient (Wildman–Crippen LogP) is 1.07. The van der Waals surface area contributed by atoms with Crippen LogP contribution < -0.4 is 5.32 Å². The number of nitrogens with one attached hydrogen (secondary N) is 1. The van der Waals surface area contributed by atoms with E-state index >= 15 is 0 Å². The minimum atomic E-state index is -1.75. The van der Waals surface area contributed by atoms with Gasteiger partial charge in [0, 0.05) is 17.6 Å². The Balaban J connectivity index is 0.000000885. The largest absolute Gasteiger partial charge is 0.508 e. The average Bonchev–Trinajstić information content (AvgIpc) is 2.35. The molecule has 0 spiro atoms. The van der Waals surface area contributed by atoms with Gasteiger partial charge in [-0.25, -0.2) is 0 Å². The van der Waals surface area contributed by atoms with E-state index in [1.165, 1.54) is 6.07 Å². The molecule has 0 radical (unpaired) electrons. The zero-order valence-corrected chi connectivity index (χ0v) is 12.2. The Morgan fingerprint density at radius 3 is 2.29 bits per heavy atom. The summed E-state index contributed by atoms with van der Waals surface area (Å²) in [6.45, 7) is 6.26. The molecule has 120 valence electrons. The lowest BCUT2D eigenvalue weighted by Crippen LogP contribution is -2.38. The summed E-state index contributed by atoms with van der Waals surface area (Å²) in [4.78, 5) is 8.25. The number of rotatable bonds is 4. The van der Waals surface area contributed by atoms with Crippen molar-refractivity contribution >= 4 is 0 Å². The number of aliphatic hydroxyl groups excluding tert-OH is 2. The van der Waals surface area contributed by atoms with E-state index in [4.69, 9.17) is 20.4 Å². The highest BCUT2D eigenvalue weighted by molar-refractivity contribution is 5.36. The van der Waals surface area contributed by atoms with Crippen LogP contribution in [0.1, 0.15) is 38.0 Å². The van der Waals surface area contributed by atoms with Gasteiger partial charge in [-0.05, 0) is 38.5 Å². The standard InChI is InChI=1S/C13H21NO3.NO3/c1-13(2,3)14-7-12(17)9-4-5-11(16)10(6-9)8-15;2-1(3)4/h4-6,12,14-17H,7-8H2,1-3H3;/q;-1. The molecule has 1 rings (SSSR count). The summed E-state index contributed by atoms with van der Waals surface area (Å²) in [5, 5.41) is 46.4. The van der Waals surface area contributed by atoms with Crippen LogP contribution in [0.3, 0.4) is 0 Å². The zero-order valence-electron chi connectivity index (χ0n) is 12.2. The molecule has 0 bridgehead atoms. The highest BCUT2D eigenvalue weighted by atomic mass is 16.9. The molecule has 1 aromatic carbocycles. The quantitative estimate of drug-likeness (QED) is 0.481. The maximum atomic E-state index is 9.97. The van der Waals surface area contributed by atoms with Crippen LogP contribution in [-0.2, 0) is 6.61 Å². The Kier molecular flexibility index (Phi) is 7.64. The zero-order chi connectivity index (χ0) is 16.6. The summed E-state index contributed by atoms with van der Waals surface area (Å²) in [7, 11) is 0. The molecule has 0 amide bonds. The van der Waals surface area contributed by atoms with Crippen LogP contribution >= 0.6 is 0 Å². The third-order valence-electron chi connectivity index (χ3n) is 2.48. The Labute approximate surface area is 122 Å². The molecule has 4 N–H and O–H groups in total. The summed E-state index contributed by atoms with van der Waals surface area (Å²) >= 11 is 0. The van der Waals surface area contributed by atoms with Gasteiger partial charge in [-0.3, -0.25) is 0 Å². The van der Waals surface area contributed by atoms with Crippen LogP contribution in [0.15, 0.2) is 18.2 Å². The number of β-amino-alcohol motifs (C(OH)–C–C–N with tert-alkyl or cyclic N) is 1. The minimum Gasteiger partial charge on any atom is -0.508 e. The van der Waals surface area contributed by atoms with E-state index < -0.39 is 11.2 Å². The van der Waals surface area contributed by atoms with Crippen molar-refractivity contribution in [3.8, 4) is 5.75 Å². The van der Waals surface area contributed by atoms with Crippen LogP contribution in [0, 0.1) is 15.3 Å². The fraction of sp³-hybridized carbons (Fsp3) is 0.538. The molecule has 21 heavy (non-hydrogen) atoms. The van der Waals surface area contributed by atoms with Gasteiger partial charge in [0.05, 0.1) is 17.8 Å². The molecule has 1 atom stereocenters. The number of phenols is 1. The Bertz CT molecular complexity index is 454. The Morgan fingerprint density at radius 1 is 1.33 bits per heavy atom. The smallest absolute Gasteiger partial charge is 0.121 e. The molecule has 0 saturated heterocycles. The maximum absolute atomic E-state index is 9.97. The summed E-state index contributed by atoms with van der Waals surface area (Å²) < 4.78 is 0. The summed E-state index contributed by atoms with van der Waals surface area (Å²) in [5.41, 5.74) is 1.05. The van der Waals surface area contributed by atoms with Crippen molar-refractivity contribution in [2.24, 2.45) is 0 Å². The Hall–Kier alpha value is -1.90. The molecule has 8 heteroatoms. The molecule has 0 fully saturated rings. The van der Waals surface area contributed by atoms with E-state index in [1.54, 1.807) is 12.1 Å². The lowest BCUT2D eigenvalue weighted by molar-refractivity contribution is -0.402. The van der Waals surface area contributed by atoms with Gasteiger partial charge >= 0.3 is 0 Å². The third kappa shape index (κ3) is 8.79. The summed E-state index contributed by atoms with van der Waals surface area (Å²) in [5.74, 6) is 0.0484. The van der Waals surface area contributed by atoms with Crippen molar-refractivity contribution < 1.29 is 20.4 Å². The average molecular weight is 301 g/mol. The van der Waals surface area contributed by atoms with Crippen molar-refractivity contribution in [2.75, 3.05) is 6.54 Å². The van der Waals surface area contributed by atoms with E-state index in [0.717, 1.165) is 0 Å². The van der Waals surface area contributed by atoms with Gasteiger partial charge in [-0.2, -0.15) is 0 Å². The van der Waals surface area contributed by atoms with Gasteiger partial charge in [0.15, 0.2) is 0 Å². The van der Waals surface area contributed by atoms with E-state index in [2.05, 4.69) is 5.32 Å². The summed E-state index contributed by atoms with van der Waals surface area (Å²) in [6.07, 6.45) is -0.653. The van der Waals surface area contributed by atoms with E-state index in [0.29, 0.717) is 17.7 Å². The first-order valence-electron chi connectivity index (χ1n) is 6.24. The molecular weight excluding hydrogens is 280 g/mol. The molecule has 0 aliphatic heterocycles. The van der Waals surface area contributed by atoms with Crippen molar-refractivity contribution in [1.29, 1.82) is 0 Å². The van der Waals surface area contributed by atoms with Crippen LogP contribution in [0.2, 0.25) is 0 Å². The fourth-order valence-corrected chi connectivity index (χ4v) is 1.46. The molecule has 1 unspecified atom stereocenters. The molecule has 0 heterocycles. The molecule has 0 aliphatic carbocycles. The second kappa shape index (κ2) is 8.40. The summed E-state index contributed by atoms with van der Waals surface area (Å²) in [6, 6.07) is 4.76. The van der Waals surface area contributed by atoms with Crippen molar-refractivity contribution in [1.82, 2.24) is 5.32 Å². The van der Waals surface area contributed by atoms with E-state index in [-0.39, 0.29) is 17.9 Å². The van der Waals surface area contributed by atoms with Crippen molar-refractivity contribution in [3.63, 3.8) is 0 Å². The van der Waals surface area contributed by atoms with Crippen LogP contribution in [-0.4, -0.2) is 32.5 Å². The number of hydrogen-bond acceptors (Lipinski definition) is 7. The molecule has 0 saturated carbocycles. The topological polar surface area (TPSA) is 139 Å². The Morgan fingerprint density at radius 2 is 1.86 bits per heavy atom. The van der Waals surface area contributed by atoms with Gasteiger partial charge in [0.25, 0.3) is 0 Å². The van der Waals surface area contributed by atoms with Gasteiger partial charge in [0.2, 0.25) is 0 Å². The lowest BCUT2D eigenvalue weighted by Gasteiger charge is -2.23. The van der Waals surface area contributed by atoms with Crippen LogP contribution in [0.5, 0.6) is 5.75 Å². The lowest BCUT2D eigenvalue weighted by atomic mass is 10.0. The fourth-order valence-electron chi connectivity index (χ4n) is 1.46. The molecular formula is C13H21N2O6-. The number of aromatic hydroxyl groups is 1. The molecule has 1 aromatic rings. The maximum Gasteiger partial charge on any atom is 0.121 e. The highest BCUT2D eigenvalue weighted by Gasteiger charge is 2.14. The third-order valence-corrected chi connectivity index (χ3v) is 2.48. The highest BCUT2D eigenvalue weighted by Crippen LogP contribution is 2.22. The molecule has 8 nitrogen and oxygen atoms in total. The van der Waals surface area contributed by atoms with Crippen LogP contribution in [0.4, 0.5) is 0 Å². The van der Waals surface area contributed by atoms with E-state index in [9.17, 15) is 10.2 Å². The molecule has 0 aromatic heterocycles. The first kappa shape index (κ1) is 19.1. The number of nitrogens with zero attached hydrogens (tertiary/aromatic N) is 1. The predicted molar refractivity (Wildman–Crippen MR) is 77.1 cm³/mol. The number of aliphatic hydroxyl groups is 2. The molecule has 0 aliphatic rings. The van der Waals surface area contributed by atoms with Crippen LogP contribution in [0.25, 0.3) is 0 Å². The second-order valence-electron chi connectivity index (χ2n) is 5.42. The van der Waals surface area contributed by atoms with E-state index in [1.807, 2.05) is 20.8 Å². The van der Waals surface area contributed by atoms with Gasteiger partial charge in [-0.1, -0.05) is 6.07 Å². The first-order valence-corrected chi connectivity index (χ1v) is 6.24. The number of benzene rings is 1.